The summed E-state index contributed by atoms with van der Waals surface area (Å²) in [6, 6.07) is -0.602. The Labute approximate surface area is 60.4 Å². The number of hydrogen-bond donors (Lipinski definition) is 3. The molecule has 0 aliphatic rings. The highest BCUT2D eigenvalue weighted by molar-refractivity contribution is 5.80. The zero-order valence-corrected chi connectivity index (χ0v) is 6.29. The number of hydrogen-bond acceptors (Lipinski definition) is 3. The van der Waals surface area contributed by atoms with E-state index in [9.17, 15) is 4.79 Å². The lowest BCUT2D eigenvalue weighted by atomic mass is 10.00. The van der Waals surface area contributed by atoms with Crippen LogP contribution in [0.15, 0.2) is 0 Å². The number of nitrogens with two attached hydrogens (primary N) is 1. The molecule has 0 bridgehead atoms. The van der Waals surface area contributed by atoms with E-state index in [2.05, 4.69) is 0 Å². The van der Waals surface area contributed by atoms with Crippen molar-refractivity contribution in [1.29, 1.82) is 0 Å². The Morgan fingerprint density at radius 3 is 2.60 bits per heavy atom. The third kappa shape index (κ3) is 2.33. The molecule has 10 heavy (non-hydrogen) atoms. The van der Waals surface area contributed by atoms with E-state index in [4.69, 9.17) is 10.9 Å². The summed E-state index contributed by atoms with van der Waals surface area (Å²) < 4.78 is 0. The van der Waals surface area contributed by atoms with Crippen LogP contribution in [0.25, 0.3) is 0 Å². The standard InChI is InChI=1S/C6H14N2O2/c1-3-4(2)5(7)6(9)8-10/h4-5,10H,3,7H2,1-2H3,(H,8,9)/t4?,5-/m1/s1. The first kappa shape index (κ1) is 9.39. The van der Waals surface area contributed by atoms with Gasteiger partial charge >= 0.3 is 0 Å². The maximum Gasteiger partial charge on any atom is 0.260 e. The SMILES string of the molecule is CCC(C)[C@@H](N)C(=O)NO. The number of nitrogens with one attached hydrogen (secondary N) is 1. The van der Waals surface area contributed by atoms with Crippen molar-refractivity contribution >= 4 is 5.91 Å². The number of amides is 1. The molecule has 0 aromatic carbocycles. The first-order valence-corrected chi connectivity index (χ1v) is 3.33. The van der Waals surface area contributed by atoms with Gasteiger partial charge in [-0.1, -0.05) is 20.3 Å². The normalized spacial score (nSPS) is 16.0. The average Bonchev–Trinajstić information content (AvgIpc) is 2.00. The molecule has 1 unspecified atom stereocenters. The molecule has 1 amide bonds. The van der Waals surface area contributed by atoms with Gasteiger partial charge in [-0.2, -0.15) is 0 Å². The molecule has 0 spiro atoms. The summed E-state index contributed by atoms with van der Waals surface area (Å²) in [6.07, 6.45) is 0.828. The molecule has 0 aromatic rings. The van der Waals surface area contributed by atoms with Gasteiger partial charge in [0.15, 0.2) is 0 Å². The van der Waals surface area contributed by atoms with Crippen LogP contribution in [-0.4, -0.2) is 17.2 Å². The highest BCUT2D eigenvalue weighted by Gasteiger charge is 2.17. The van der Waals surface area contributed by atoms with Crippen molar-refractivity contribution in [1.82, 2.24) is 5.48 Å². The first-order chi connectivity index (χ1) is 4.63. The molecule has 4 nitrogen and oxygen atoms in total. The molecule has 0 aliphatic carbocycles. The van der Waals surface area contributed by atoms with Crippen LogP contribution >= 0.6 is 0 Å². The van der Waals surface area contributed by atoms with Gasteiger partial charge in [0.1, 0.15) is 0 Å². The second-order valence-corrected chi connectivity index (χ2v) is 2.39. The van der Waals surface area contributed by atoms with E-state index >= 15 is 0 Å². The van der Waals surface area contributed by atoms with E-state index in [0.717, 1.165) is 6.42 Å². The van der Waals surface area contributed by atoms with Gasteiger partial charge in [0.25, 0.3) is 5.91 Å². The molecule has 0 aliphatic heterocycles. The summed E-state index contributed by atoms with van der Waals surface area (Å²) in [6.45, 7) is 3.80. The smallest absolute Gasteiger partial charge is 0.260 e. The molecule has 0 heterocycles. The molecule has 60 valence electrons. The molecular weight excluding hydrogens is 132 g/mol. The molecule has 4 heteroatoms. The Kier molecular flexibility index (Phi) is 3.99. The fourth-order valence-corrected chi connectivity index (χ4v) is 0.587. The third-order valence-electron chi connectivity index (χ3n) is 1.67. The van der Waals surface area contributed by atoms with Gasteiger partial charge in [-0.3, -0.25) is 10.0 Å². The number of rotatable bonds is 3. The summed E-state index contributed by atoms with van der Waals surface area (Å²) in [5.41, 5.74) is 6.93. The van der Waals surface area contributed by atoms with Crippen LogP contribution in [0.4, 0.5) is 0 Å². The van der Waals surface area contributed by atoms with Crippen LogP contribution in [0.2, 0.25) is 0 Å². The van der Waals surface area contributed by atoms with E-state index < -0.39 is 11.9 Å². The zero-order valence-electron chi connectivity index (χ0n) is 6.29. The fourth-order valence-electron chi connectivity index (χ4n) is 0.587. The van der Waals surface area contributed by atoms with E-state index in [1.807, 2.05) is 13.8 Å². The molecule has 0 fully saturated rings. The highest BCUT2D eigenvalue weighted by Crippen LogP contribution is 2.04. The highest BCUT2D eigenvalue weighted by atomic mass is 16.5. The molecule has 2 atom stereocenters. The minimum Gasteiger partial charge on any atom is -0.320 e. The Balaban J connectivity index is 3.81. The molecule has 0 rings (SSSR count). The van der Waals surface area contributed by atoms with Gasteiger partial charge in [0.05, 0.1) is 6.04 Å². The number of hydroxylamine groups is 1. The monoisotopic (exact) mass is 146 g/mol. The second kappa shape index (κ2) is 4.24. The maximum atomic E-state index is 10.6. The minimum absolute atomic E-state index is 0.104. The Morgan fingerprint density at radius 1 is 1.80 bits per heavy atom. The summed E-state index contributed by atoms with van der Waals surface area (Å²) in [7, 11) is 0. The van der Waals surface area contributed by atoms with Gasteiger partial charge in [0.2, 0.25) is 0 Å². The van der Waals surface area contributed by atoms with Crippen molar-refractivity contribution < 1.29 is 10.0 Å². The van der Waals surface area contributed by atoms with Crippen molar-refractivity contribution in [2.24, 2.45) is 11.7 Å². The van der Waals surface area contributed by atoms with Gasteiger partial charge < -0.3 is 5.73 Å². The van der Waals surface area contributed by atoms with Crippen molar-refractivity contribution in [3.8, 4) is 0 Å². The Hall–Kier alpha value is -0.610. The molecule has 0 saturated heterocycles. The number of carbonyl (C=O) groups excluding carboxylic acids is 1. The van der Waals surface area contributed by atoms with Crippen LogP contribution in [0.3, 0.4) is 0 Å². The average molecular weight is 146 g/mol. The van der Waals surface area contributed by atoms with Crippen LogP contribution in [0, 0.1) is 5.92 Å². The van der Waals surface area contributed by atoms with Crippen molar-refractivity contribution in [3.05, 3.63) is 0 Å². The molecular formula is C6H14N2O2. The first-order valence-electron chi connectivity index (χ1n) is 3.33. The lowest BCUT2D eigenvalue weighted by molar-refractivity contribution is -0.131. The zero-order chi connectivity index (χ0) is 8.15. The quantitative estimate of drug-likeness (QED) is 0.383. The van der Waals surface area contributed by atoms with Gasteiger partial charge in [0, 0.05) is 0 Å². The lowest BCUT2D eigenvalue weighted by Gasteiger charge is -2.14. The predicted molar refractivity (Wildman–Crippen MR) is 37.4 cm³/mol. The van der Waals surface area contributed by atoms with Crippen LogP contribution in [0.5, 0.6) is 0 Å². The Morgan fingerprint density at radius 2 is 2.30 bits per heavy atom. The summed E-state index contributed by atoms with van der Waals surface area (Å²) in [5, 5.41) is 8.17. The van der Waals surface area contributed by atoms with Crippen molar-refractivity contribution in [3.63, 3.8) is 0 Å². The maximum absolute atomic E-state index is 10.6. The van der Waals surface area contributed by atoms with Gasteiger partial charge in [-0.15, -0.1) is 0 Å². The van der Waals surface area contributed by atoms with E-state index in [-0.39, 0.29) is 5.92 Å². The van der Waals surface area contributed by atoms with E-state index in [1.165, 1.54) is 5.48 Å². The lowest BCUT2D eigenvalue weighted by Crippen LogP contribution is -2.43. The van der Waals surface area contributed by atoms with Gasteiger partial charge in [-0.25, -0.2) is 5.48 Å². The molecule has 4 N–H and O–H groups in total. The third-order valence-corrected chi connectivity index (χ3v) is 1.67. The Bertz CT molecular complexity index is 116. The summed E-state index contributed by atoms with van der Waals surface area (Å²) in [5.74, 6) is -0.415. The fraction of sp³-hybridized carbons (Fsp3) is 0.833. The summed E-state index contributed by atoms with van der Waals surface area (Å²) in [4.78, 5) is 10.6. The minimum atomic E-state index is -0.602. The molecule has 0 aromatic heterocycles. The van der Waals surface area contributed by atoms with Crippen LogP contribution in [0.1, 0.15) is 20.3 Å². The van der Waals surface area contributed by atoms with Crippen molar-refractivity contribution in [2.75, 3.05) is 0 Å². The van der Waals surface area contributed by atoms with Crippen LogP contribution < -0.4 is 11.2 Å². The van der Waals surface area contributed by atoms with Gasteiger partial charge in [-0.05, 0) is 5.92 Å². The van der Waals surface area contributed by atoms with Crippen molar-refractivity contribution in [2.45, 2.75) is 26.3 Å². The summed E-state index contributed by atoms with van der Waals surface area (Å²) >= 11 is 0. The second-order valence-electron chi connectivity index (χ2n) is 2.39. The molecule has 0 radical (unpaired) electrons. The topological polar surface area (TPSA) is 75.4 Å². The largest absolute Gasteiger partial charge is 0.320 e. The van der Waals surface area contributed by atoms with E-state index in [1.54, 1.807) is 0 Å². The van der Waals surface area contributed by atoms with E-state index in [0.29, 0.717) is 0 Å². The predicted octanol–water partition coefficient (Wildman–Crippen LogP) is -0.135. The van der Waals surface area contributed by atoms with Crippen LogP contribution in [-0.2, 0) is 4.79 Å². The number of carbonyl (C=O) groups is 1. The molecule has 0 saturated carbocycles.